The van der Waals surface area contributed by atoms with Gasteiger partial charge in [-0.15, -0.1) is 0 Å². The molecule has 5 nitrogen and oxygen atoms in total. The zero-order valence-electron chi connectivity index (χ0n) is 15.6. The molecular weight excluding hydrogens is 348 g/mol. The summed E-state index contributed by atoms with van der Waals surface area (Å²) in [5.74, 6) is 0.922. The van der Waals surface area contributed by atoms with Gasteiger partial charge in [0.05, 0.1) is 6.26 Å². The van der Waals surface area contributed by atoms with Crippen molar-refractivity contribution < 1.29 is 13.2 Å². The second-order valence-electron chi connectivity index (χ2n) is 6.83. The third-order valence-corrected chi connectivity index (χ3v) is 5.97. The summed E-state index contributed by atoms with van der Waals surface area (Å²) in [5, 5.41) is 3.44. The predicted octanol–water partition coefficient (Wildman–Crippen LogP) is 3.11. The molecule has 0 amide bonds. The Labute approximate surface area is 156 Å². The Morgan fingerprint density at radius 1 is 1.19 bits per heavy atom. The summed E-state index contributed by atoms with van der Waals surface area (Å²) in [5.41, 5.74) is 5.67. The largest absolute Gasteiger partial charge is 0.491 e. The first-order valence-electron chi connectivity index (χ1n) is 8.84. The maximum absolute atomic E-state index is 11.8. The molecule has 0 bridgehead atoms. The molecule has 26 heavy (non-hydrogen) atoms. The van der Waals surface area contributed by atoms with Crippen molar-refractivity contribution in [2.45, 2.75) is 26.8 Å². The van der Waals surface area contributed by atoms with E-state index in [-0.39, 0.29) is 0 Å². The standard InChI is InChI=1S/C20H26N2O3S/c1-15-7-8-16(2)20(13-15)25-12-10-21-19-6-4-5-17-14-22(26(3,23)24)11-9-18(17)19/h4-8,13,21H,9-12,14H2,1-3H3. The number of sulfonamides is 1. The van der Waals surface area contributed by atoms with Gasteiger partial charge in [0, 0.05) is 25.3 Å². The van der Waals surface area contributed by atoms with Crippen LogP contribution in [0.5, 0.6) is 5.75 Å². The fraction of sp³-hybridized carbons (Fsp3) is 0.400. The van der Waals surface area contributed by atoms with E-state index in [9.17, 15) is 8.42 Å². The lowest BCUT2D eigenvalue weighted by atomic mass is 9.99. The first-order valence-corrected chi connectivity index (χ1v) is 10.7. The van der Waals surface area contributed by atoms with Crippen LogP contribution in [-0.2, 0) is 23.0 Å². The Morgan fingerprint density at radius 3 is 2.77 bits per heavy atom. The molecule has 0 saturated carbocycles. The van der Waals surface area contributed by atoms with Gasteiger partial charge in [-0.3, -0.25) is 0 Å². The second kappa shape index (κ2) is 7.68. The van der Waals surface area contributed by atoms with Gasteiger partial charge in [-0.25, -0.2) is 8.42 Å². The number of anilines is 1. The molecule has 0 aromatic heterocycles. The van der Waals surface area contributed by atoms with E-state index < -0.39 is 10.0 Å². The summed E-state index contributed by atoms with van der Waals surface area (Å²) in [4.78, 5) is 0. The van der Waals surface area contributed by atoms with E-state index in [1.54, 1.807) is 0 Å². The zero-order valence-corrected chi connectivity index (χ0v) is 16.4. The minimum absolute atomic E-state index is 0.447. The van der Waals surface area contributed by atoms with Gasteiger partial charge >= 0.3 is 0 Å². The van der Waals surface area contributed by atoms with Crippen molar-refractivity contribution in [3.8, 4) is 5.75 Å². The fourth-order valence-corrected chi connectivity index (χ4v) is 4.04. The molecule has 0 aliphatic carbocycles. The summed E-state index contributed by atoms with van der Waals surface area (Å²) in [7, 11) is -3.15. The first kappa shape index (κ1) is 18.7. The summed E-state index contributed by atoms with van der Waals surface area (Å²) < 4.78 is 31.0. The Bertz CT molecular complexity index is 894. The van der Waals surface area contributed by atoms with Gasteiger partial charge in [-0.05, 0) is 54.7 Å². The maximum atomic E-state index is 11.8. The van der Waals surface area contributed by atoms with Crippen molar-refractivity contribution in [3.05, 3.63) is 58.7 Å². The molecule has 0 unspecified atom stereocenters. The highest BCUT2D eigenvalue weighted by atomic mass is 32.2. The lowest BCUT2D eigenvalue weighted by molar-refractivity contribution is 0.330. The van der Waals surface area contributed by atoms with Gasteiger partial charge in [0.2, 0.25) is 10.0 Å². The summed E-state index contributed by atoms with van der Waals surface area (Å²) >= 11 is 0. The van der Waals surface area contributed by atoms with Crippen molar-refractivity contribution in [1.82, 2.24) is 4.31 Å². The average molecular weight is 375 g/mol. The van der Waals surface area contributed by atoms with Gasteiger partial charge < -0.3 is 10.1 Å². The Kier molecular flexibility index (Phi) is 5.53. The van der Waals surface area contributed by atoms with Crippen LogP contribution in [-0.4, -0.2) is 38.7 Å². The molecule has 3 rings (SSSR count). The highest BCUT2D eigenvalue weighted by Gasteiger charge is 2.24. The van der Waals surface area contributed by atoms with Crippen molar-refractivity contribution in [3.63, 3.8) is 0 Å². The van der Waals surface area contributed by atoms with Crippen LogP contribution in [0, 0.1) is 13.8 Å². The fourth-order valence-electron chi connectivity index (χ4n) is 3.24. The second-order valence-corrected chi connectivity index (χ2v) is 8.82. The number of hydrogen-bond acceptors (Lipinski definition) is 4. The molecule has 1 aliphatic heterocycles. The summed E-state index contributed by atoms with van der Waals surface area (Å²) in [6, 6.07) is 12.2. The van der Waals surface area contributed by atoms with Crippen LogP contribution in [0.25, 0.3) is 0 Å². The lowest BCUT2D eigenvalue weighted by Gasteiger charge is -2.28. The number of benzene rings is 2. The normalized spacial score (nSPS) is 14.7. The molecule has 0 fully saturated rings. The van der Waals surface area contributed by atoms with E-state index >= 15 is 0 Å². The Morgan fingerprint density at radius 2 is 2.00 bits per heavy atom. The van der Waals surface area contributed by atoms with Crippen LogP contribution in [0.2, 0.25) is 0 Å². The monoisotopic (exact) mass is 374 g/mol. The van der Waals surface area contributed by atoms with E-state index in [0.717, 1.165) is 29.0 Å². The maximum Gasteiger partial charge on any atom is 0.211 e. The van der Waals surface area contributed by atoms with E-state index in [0.29, 0.717) is 26.2 Å². The Hall–Kier alpha value is -2.05. The molecule has 140 valence electrons. The smallest absolute Gasteiger partial charge is 0.211 e. The number of rotatable bonds is 6. The molecule has 2 aromatic rings. The van der Waals surface area contributed by atoms with E-state index in [2.05, 4.69) is 30.4 Å². The van der Waals surface area contributed by atoms with Gasteiger partial charge in [-0.1, -0.05) is 24.3 Å². The van der Waals surface area contributed by atoms with Crippen LogP contribution in [0.3, 0.4) is 0 Å². The highest BCUT2D eigenvalue weighted by Crippen LogP contribution is 2.27. The van der Waals surface area contributed by atoms with Crippen LogP contribution >= 0.6 is 0 Å². The number of nitrogens with one attached hydrogen (secondary N) is 1. The molecule has 0 spiro atoms. The highest BCUT2D eigenvalue weighted by molar-refractivity contribution is 7.88. The molecule has 6 heteroatoms. The third kappa shape index (κ3) is 4.37. The molecule has 1 heterocycles. The molecular formula is C20H26N2O3S. The predicted molar refractivity (Wildman–Crippen MR) is 105 cm³/mol. The van der Waals surface area contributed by atoms with Crippen molar-refractivity contribution >= 4 is 15.7 Å². The lowest BCUT2D eigenvalue weighted by Crippen LogP contribution is -2.35. The molecule has 0 radical (unpaired) electrons. The number of ether oxygens (including phenoxy) is 1. The van der Waals surface area contributed by atoms with Crippen molar-refractivity contribution in [2.24, 2.45) is 0 Å². The van der Waals surface area contributed by atoms with Crippen LogP contribution in [0.15, 0.2) is 36.4 Å². The molecule has 2 aromatic carbocycles. The third-order valence-electron chi connectivity index (χ3n) is 4.72. The number of fused-ring (bicyclic) bond motifs is 1. The van der Waals surface area contributed by atoms with Gasteiger partial charge in [-0.2, -0.15) is 4.31 Å². The molecule has 0 atom stereocenters. The average Bonchev–Trinajstić information content (AvgIpc) is 2.60. The SMILES string of the molecule is Cc1ccc(C)c(OCCNc2cccc3c2CCN(S(C)(=O)=O)C3)c1. The summed E-state index contributed by atoms with van der Waals surface area (Å²) in [6.45, 7) is 6.35. The molecule has 0 saturated heterocycles. The summed E-state index contributed by atoms with van der Waals surface area (Å²) in [6.07, 6.45) is 1.99. The topological polar surface area (TPSA) is 58.6 Å². The van der Waals surface area contributed by atoms with Crippen LogP contribution in [0.4, 0.5) is 5.69 Å². The van der Waals surface area contributed by atoms with Gasteiger partial charge in [0.15, 0.2) is 0 Å². The first-order chi connectivity index (χ1) is 12.3. The number of aryl methyl sites for hydroxylation is 2. The molecule has 1 N–H and O–H groups in total. The number of nitrogens with zero attached hydrogens (tertiary/aromatic N) is 1. The number of hydrogen-bond donors (Lipinski definition) is 1. The van der Waals surface area contributed by atoms with Gasteiger partial charge in [0.1, 0.15) is 12.4 Å². The van der Waals surface area contributed by atoms with Gasteiger partial charge in [0.25, 0.3) is 0 Å². The van der Waals surface area contributed by atoms with Crippen molar-refractivity contribution in [1.29, 1.82) is 0 Å². The van der Waals surface area contributed by atoms with Crippen LogP contribution in [0.1, 0.15) is 22.3 Å². The molecule has 1 aliphatic rings. The van der Waals surface area contributed by atoms with Crippen LogP contribution < -0.4 is 10.1 Å². The van der Waals surface area contributed by atoms with Crippen molar-refractivity contribution in [2.75, 3.05) is 31.3 Å². The minimum atomic E-state index is -3.15. The van der Waals surface area contributed by atoms with E-state index in [1.165, 1.54) is 21.7 Å². The van der Waals surface area contributed by atoms with E-state index in [4.69, 9.17) is 4.74 Å². The van der Waals surface area contributed by atoms with E-state index in [1.807, 2.05) is 25.1 Å². The zero-order chi connectivity index (χ0) is 18.7. The quantitative estimate of drug-likeness (QED) is 0.790. The Balaban J connectivity index is 1.61. The minimum Gasteiger partial charge on any atom is -0.491 e.